The number of hydrogen-bond donors (Lipinski definition) is 2. The van der Waals surface area contributed by atoms with Gasteiger partial charge in [-0.1, -0.05) is 108 Å². The van der Waals surface area contributed by atoms with E-state index in [2.05, 4.69) is 105 Å². The molecule has 0 bridgehead atoms. The highest BCUT2D eigenvalue weighted by molar-refractivity contribution is 6.30. The molecule has 4 aromatic carbocycles. The molecule has 6 heteroatoms. The summed E-state index contributed by atoms with van der Waals surface area (Å²) < 4.78 is 0. The van der Waals surface area contributed by atoms with Gasteiger partial charge in [-0.15, -0.1) is 0 Å². The monoisotopic (exact) mass is 572 g/mol. The molecule has 0 spiro atoms. The topological polar surface area (TPSA) is 30.5 Å². The van der Waals surface area contributed by atoms with Crippen molar-refractivity contribution in [3.63, 3.8) is 0 Å². The molecule has 2 fully saturated rings. The van der Waals surface area contributed by atoms with Crippen LogP contribution in [0.3, 0.4) is 0 Å². The number of piperazine rings is 2. The molecular formula is C34H38Cl2N4. The molecule has 208 valence electrons. The largest absolute Gasteiger partial charge is 0.314 e. The quantitative estimate of drug-likeness (QED) is 0.270. The summed E-state index contributed by atoms with van der Waals surface area (Å²) in [6.45, 7) is 8.50. The number of nitrogens with one attached hydrogen (secondary N) is 2. The van der Waals surface area contributed by atoms with Gasteiger partial charge in [0.2, 0.25) is 0 Å². The van der Waals surface area contributed by atoms with Gasteiger partial charge in [0.05, 0.1) is 12.1 Å². The summed E-state index contributed by atoms with van der Waals surface area (Å²) in [6, 6.07) is 38.5. The lowest BCUT2D eigenvalue weighted by Crippen LogP contribution is -2.45. The fourth-order valence-electron chi connectivity index (χ4n) is 5.67. The lowest BCUT2D eigenvalue weighted by molar-refractivity contribution is 0.198. The molecule has 2 aliphatic heterocycles. The minimum absolute atomic E-state index is 0.315. The van der Waals surface area contributed by atoms with Gasteiger partial charge in [0, 0.05) is 62.4 Å². The summed E-state index contributed by atoms with van der Waals surface area (Å²) in [7, 11) is 0. The van der Waals surface area contributed by atoms with E-state index in [0.717, 1.165) is 62.4 Å². The number of hydrogen-bond acceptors (Lipinski definition) is 4. The third kappa shape index (κ3) is 7.73. The summed E-state index contributed by atoms with van der Waals surface area (Å²) in [5, 5.41) is 8.42. The molecule has 0 saturated carbocycles. The third-order valence-electron chi connectivity index (χ3n) is 7.64. The van der Waals surface area contributed by atoms with E-state index < -0.39 is 0 Å². The Morgan fingerprint density at radius 2 is 0.725 bits per heavy atom. The Balaban J connectivity index is 0.000000161. The van der Waals surface area contributed by atoms with Crippen LogP contribution in [0.2, 0.25) is 10.0 Å². The van der Waals surface area contributed by atoms with Crippen molar-refractivity contribution in [2.75, 3.05) is 52.4 Å². The first-order valence-electron chi connectivity index (χ1n) is 14.2. The standard InChI is InChI=1S/2C17H19ClN2/c2*18-16-8-6-15(7-9-16)17(14-4-2-1-3-5-14)20-12-10-19-11-13-20/h2*1-9,17,19H,10-13H2. The smallest absolute Gasteiger partial charge is 0.0602 e. The van der Waals surface area contributed by atoms with Crippen LogP contribution in [-0.2, 0) is 0 Å². The molecule has 2 unspecified atom stereocenters. The summed E-state index contributed by atoms with van der Waals surface area (Å²) in [4.78, 5) is 5.07. The van der Waals surface area contributed by atoms with Crippen LogP contribution < -0.4 is 10.6 Å². The second-order valence-electron chi connectivity index (χ2n) is 10.3. The molecule has 0 radical (unpaired) electrons. The summed E-state index contributed by atoms with van der Waals surface area (Å²) in [5.74, 6) is 0. The predicted octanol–water partition coefficient (Wildman–Crippen LogP) is 6.67. The average Bonchev–Trinajstić information content (AvgIpc) is 3.02. The molecule has 2 saturated heterocycles. The fourth-order valence-corrected chi connectivity index (χ4v) is 5.92. The van der Waals surface area contributed by atoms with Crippen LogP contribution in [0.4, 0.5) is 0 Å². The molecule has 2 heterocycles. The maximum atomic E-state index is 6.02. The van der Waals surface area contributed by atoms with Crippen molar-refractivity contribution in [3.8, 4) is 0 Å². The van der Waals surface area contributed by atoms with Gasteiger partial charge in [-0.05, 0) is 46.5 Å². The zero-order valence-electron chi connectivity index (χ0n) is 22.9. The van der Waals surface area contributed by atoms with Crippen molar-refractivity contribution in [2.45, 2.75) is 12.1 Å². The molecule has 2 N–H and O–H groups in total. The zero-order valence-corrected chi connectivity index (χ0v) is 24.4. The average molecular weight is 574 g/mol. The maximum Gasteiger partial charge on any atom is 0.0602 e. The van der Waals surface area contributed by atoms with Crippen LogP contribution in [0.15, 0.2) is 109 Å². The summed E-state index contributed by atoms with van der Waals surface area (Å²) in [6.07, 6.45) is 0. The van der Waals surface area contributed by atoms with Crippen LogP contribution in [0, 0.1) is 0 Å². The van der Waals surface area contributed by atoms with Crippen molar-refractivity contribution in [1.29, 1.82) is 0 Å². The first kappa shape index (κ1) is 28.8. The first-order chi connectivity index (χ1) is 19.7. The van der Waals surface area contributed by atoms with E-state index in [4.69, 9.17) is 23.2 Å². The second kappa shape index (κ2) is 14.8. The highest BCUT2D eigenvalue weighted by Gasteiger charge is 2.24. The van der Waals surface area contributed by atoms with Crippen LogP contribution in [0.5, 0.6) is 0 Å². The molecule has 0 amide bonds. The van der Waals surface area contributed by atoms with E-state index >= 15 is 0 Å². The summed E-state index contributed by atoms with van der Waals surface area (Å²) in [5.41, 5.74) is 5.30. The van der Waals surface area contributed by atoms with Gasteiger partial charge in [0.25, 0.3) is 0 Å². The Morgan fingerprint density at radius 1 is 0.425 bits per heavy atom. The molecular weight excluding hydrogens is 535 g/mol. The molecule has 4 aromatic rings. The lowest BCUT2D eigenvalue weighted by Gasteiger charge is -2.35. The van der Waals surface area contributed by atoms with Gasteiger partial charge in [-0.2, -0.15) is 0 Å². The molecule has 2 aliphatic rings. The Hall–Kier alpha value is -2.70. The van der Waals surface area contributed by atoms with E-state index in [-0.39, 0.29) is 0 Å². The fraction of sp³-hybridized carbons (Fsp3) is 0.294. The van der Waals surface area contributed by atoms with Crippen LogP contribution >= 0.6 is 23.2 Å². The van der Waals surface area contributed by atoms with Crippen molar-refractivity contribution in [1.82, 2.24) is 20.4 Å². The number of nitrogens with zero attached hydrogens (tertiary/aromatic N) is 2. The molecule has 4 nitrogen and oxygen atoms in total. The number of halogens is 2. The molecule has 0 aromatic heterocycles. The van der Waals surface area contributed by atoms with Crippen LogP contribution in [0.1, 0.15) is 34.3 Å². The van der Waals surface area contributed by atoms with Gasteiger partial charge in [-0.3, -0.25) is 9.80 Å². The van der Waals surface area contributed by atoms with E-state index in [0.29, 0.717) is 12.1 Å². The minimum Gasteiger partial charge on any atom is -0.314 e. The van der Waals surface area contributed by atoms with E-state index in [1.165, 1.54) is 22.3 Å². The third-order valence-corrected chi connectivity index (χ3v) is 8.14. The molecule has 2 atom stereocenters. The normalized spacial score (nSPS) is 17.9. The molecule has 0 aliphatic carbocycles. The van der Waals surface area contributed by atoms with Gasteiger partial charge in [0.15, 0.2) is 0 Å². The molecule has 40 heavy (non-hydrogen) atoms. The highest BCUT2D eigenvalue weighted by atomic mass is 35.5. The summed E-state index contributed by atoms with van der Waals surface area (Å²) >= 11 is 12.0. The van der Waals surface area contributed by atoms with Crippen molar-refractivity contribution in [2.24, 2.45) is 0 Å². The van der Waals surface area contributed by atoms with Crippen LogP contribution in [-0.4, -0.2) is 62.2 Å². The Morgan fingerprint density at radius 3 is 1.05 bits per heavy atom. The Bertz CT molecular complexity index is 1170. The maximum absolute atomic E-state index is 6.02. The van der Waals surface area contributed by atoms with Gasteiger partial charge < -0.3 is 10.6 Å². The van der Waals surface area contributed by atoms with Gasteiger partial charge >= 0.3 is 0 Å². The zero-order chi connectivity index (χ0) is 27.6. The van der Waals surface area contributed by atoms with Crippen LogP contribution in [0.25, 0.3) is 0 Å². The van der Waals surface area contributed by atoms with E-state index in [1.54, 1.807) is 0 Å². The number of rotatable bonds is 6. The van der Waals surface area contributed by atoms with Crippen molar-refractivity contribution in [3.05, 3.63) is 141 Å². The molecule has 6 rings (SSSR count). The van der Waals surface area contributed by atoms with Crippen molar-refractivity contribution < 1.29 is 0 Å². The lowest BCUT2D eigenvalue weighted by atomic mass is 9.96. The van der Waals surface area contributed by atoms with Gasteiger partial charge in [0.1, 0.15) is 0 Å². The van der Waals surface area contributed by atoms with E-state index in [1.807, 2.05) is 24.3 Å². The van der Waals surface area contributed by atoms with Gasteiger partial charge in [-0.25, -0.2) is 0 Å². The SMILES string of the molecule is Clc1ccc(C(c2ccccc2)N2CCNCC2)cc1.Clc1ccc(C(c2ccccc2)N2CCNCC2)cc1. The van der Waals surface area contributed by atoms with E-state index in [9.17, 15) is 0 Å². The Kier molecular flexibility index (Phi) is 10.7. The second-order valence-corrected chi connectivity index (χ2v) is 11.2. The predicted molar refractivity (Wildman–Crippen MR) is 168 cm³/mol. The number of benzene rings is 4. The Labute approximate surface area is 248 Å². The minimum atomic E-state index is 0.315. The highest BCUT2D eigenvalue weighted by Crippen LogP contribution is 2.31. The first-order valence-corrected chi connectivity index (χ1v) is 14.9. The van der Waals surface area contributed by atoms with Crippen molar-refractivity contribution >= 4 is 23.2 Å².